The lowest BCUT2D eigenvalue weighted by Crippen LogP contribution is -2.54. The van der Waals surface area contributed by atoms with Gasteiger partial charge in [0, 0.05) is 31.2 Å². The highest BCUT2D eigenvalue weighted by Gasteiger charge is 2.32. The van der Waals surface area contributed by atoms with Crippen LogP contribution in [0.25, 0.3) is 0 Å². The molecule has 2 aromatic rings. The Hall–Kier alpha value is -2.07. The Kier molecular flexibility index (Phi) is 6.52. The van der Waals surface area contributed by atoms with Gasteiger partial charge in [0.25, 0.3) is 0 Å². The molecule has 29 heavy (non-hydrogen) atoms. The van der Waals surface area contributed by atoms with Gasteiger partial charge >= 0.3 is 0 Å². The SMILES string of the molecule is CC(C(=O)Nc1c(F)cccc1F)N1CCN(S(=O)(=O)c2ccc(Cl)cc2)CC1. The van der Waals surface area contributed by atoms with Crippen LogP contribution in [0.5, 0.6) is 0 Å². The zero-order valence-corrected chi connectivity index (χ0v) is 17.2. The van der Waals surface area contributed by atoms with E-state index in [0.29, 0.717) is 18.1 Å². The molecule has 0 aromatic heterocycles. The van der Waals surface area contributed by atoms with E-state index in [1.54, 1.807) is 11.8 Å². The lowest BCUT2D eigenvalue weighted by atomic mass is 10.2. The van der Waals surface area contributed by atoms with Gasteiger partial charge in [-0.25, -0.2) is 17.2 Å². The Morgan fingerprint density at radius 3 is 2.14 bits per heavy atom. The summed E-state index contributed by atoms with van der Waals surface area (Å²) in [7, 11) is -3.66. The van der Waals surface area contributed by atoms with Crippen molar-refractivity contribution < 1.29 is 22.0 Å². The number of nitrogens with zero attached hydrogens (tertiary/aromatic N) is 2. The van der Waals surface area contributed by atoms with E-state index in [-0.39, 0.29) is 18.0 Å². The van der Waals surface area contributed by atoms with Gasteiger partial charge in [-0.2, -0.15) is 4.31 Å². The molecule has 10 heteroatoms. The summed E-state index contributed by atoms with van der Waals surface area (Å²) in [6, 6.07) is 8.57. The molecule has 1 unspecified atom stereocenters. The van der Waals surface area contributed by atoms with Crippen LogP contribution in [-0.4, -0.2) is 55.8 Å². The molecule has 1 aliphatic heterocycles. The second-order valence-corrected chi connectivity index (χ2v) is 9.03. The molecular weight excluding hydrogens is 424 g/mol. The van der Waals surface area contributed by atoms with Crippen molar-refractivity contribution in [3.63, 3.8) is 0 Å². The number of para-hydroxylation sites is 1. The summed E-state index contributed by atoms with van der Waals surface area (Å²) in [6.07, 6.45) is 0. The van der Waals surface area contributed by atoms with E-state index in [1.165, 1.54) is 34.6 Å². The first-order chi connectivity index (χ1) is 13.7. The second-order valence-electron chi connectivity index (χ2n) is 6.66. The number of halogens is 3. The van der Waals surface area contributed by atoms with E-state index >= 15 is 0 Å². The molecule has 1 atom stereocenters. The number of amides is 1. The first kappa shape index (κ1) is 21.6. The molecule has 1 N–H and O–H groups in total. The Labute approximate surface area is 173 Å². The van der Waals surface area contributed by atoms with Crippen molar-refractivity contribution in [2.75, 3.05) is 31.5 Å². The third-order valence-corrected chi connectivity index (χ3v) is 7.03. The van der Waals surface area contributed by atoms with Gasteiger partial charge in [0.05, 0.1) is 10.9 Å². The number of hydrogen-bond donors (Lipinski definition) is 1. The van der Waals surface area contributed by atoms with Gasteiger partial charge in [0.2, 0.25) is 15.9 Å². The van der Waals surface area contributed by atoms with Crippen LogP contribution in [0.3, 0.4) is 0 Å². The number of hydrogen-bond acceptors (Lipinski definition) is 4. The number of nitrogens with one attached hydrogen (secondary N) is 1. The van der Waals surface area contributed by atoms with Crippen LogP contribution in [-0.2, 0) is 14.8 Å². The molecule has 1 saturated heterocycles. The molecule has 1 aliphatic rings. The fraction of sp³-hybridized carbons (Fsp3) is 0.316. The summed E-state index contributed by atoms with van der Waals surface area (Å²) in [5, 5.41) is 2.72. The van der Waals surface area contributed by atoms with Crippen LogP contribution >= 0.6 is 11.6 Å². The molecule has 2 aromatic carbocycles. The van der Waals surface area contributed by atoms with Crippen molar-refractivity contribution >= 4 is 33.2 Å². The van der Waals surface area contributed by atoms with E-state index in [9.17, 15) is 22.0 Å². The molecule has 0 bridgehead atoms. The fourth-order valence-corrected chi connectivity index (χ4v) is 4.65. The maximum atomic E-state index is 13.7. The van der Waals surface area contributed by atoms with E-state index in [4.69, 9.17) is 11.6 Å². The molecule has 6 nitrogen and oxygen atoms in total. The number of anilines is 1. The number of carbonyl (C=O) groups is 1. The van der Waals surface area contributed by atoms with Gasteiger partial charge in [-0.1, -0.05) is 17.7 Å². The maximum absolute atomic E-state index is 13.7. The van der Waals surface area contributed by atoms with Gasteiger partial charge in [0.1, 0.15) is 17.3 Å². The van der Waals surface area contributed by atoms with Crippen LogP contribution in [0.1, 0.15) is 6.92 Å². The van der Waals surface area contributed by atoms with E-state index in [2.05, 4.69) is 5.32 Å². The standard InChI is InChI=1S/C19H20ClF2N3O3S/c1-13(19(26)23-18-16(21)3-2-4-17(18)22)24-9-11-25(12-10-24)29(27,28)15-7-5-14(20)6-8-15/h2-8,13H,9-12H2,1H3,(H,23,26). The lowest BCUT2D eigenvalue weighted by Gasteiger charge is -2.36. The molecule has 1 heterocycles. The van der Waals surface area contributed by atoms with Crippen molar-refractivity contribution in [2.24, 2.45) is 0 Å². The minimum absolute atomic E-state index is 0.149. The summed E-state index contributed by atoms with van der Waals surface area (Å²) >= 11 is 5.81. The Morgan fingerprint density at radius 1 is 1.03 bits per heavy atom. The van der Waals surface area contributed by atoms with Crippen LogP contribution in [0.2, 0.25) is 5.02 Å². The van der Waals surface area contributed by atoms with Crippen molar-refractivity contribution in [2.45, 2.75) is 17.9 Å². The smallest absolute Gasteiger partial charge is 0.243 e. The van der Waals surface area contributed by atoms with E-state index in [1.807, 2.05) is 0 Å². The van der Waals surface area contributed by atoms with Crippen LogP contribution in [0.4, 0.5) is 14.5 Å². The average molecular weight is 444 g/mol. The molecule has 0 radical (unpaired) electrons. The highest BCUT2D eigenvalue weighted by Crippen LogP contribution is 2.22. The van der Waals surface area contributed by atoms with Crippen molar-refractivity contribution in [3.05, 3.63) is 59.1 Å². The number of benzene rings is 2. The zero-order valence-electron chi connectivity index (χ0n) is 15.6. The van der Waals surface area contributed by atoms with Crippen LogP contribution in [0, 0.1) is 11.6 Å². The molecule has 0 saturated carbocycles. The third kappa shape index (κ3) is 4.75. The zero-order chi connectivity index (χ0) is 21.2. The van der Waals surface area contributed by atoms with Crippen molar-refractivity contribution in [3.8, 4) is 0 Å². The van der Waals surface area contributed by atoms with E-state index in [0.717, 1.165) is 12.1 Å². The predicted octanol–water partition coefficient (Wildman–Crippen LogP) is 2.95. The molecule has 1 fully saturated rings. The summed E-state index contributed by atoms with van der Waals surface area (Å²) in [6.45, 7) is 2.60. The minimum Gasteiger partial charge on any atom is -0.320 e. The quantitative estimate of drug-likeness (QED) is 0.771. The number of sulfonamides is 1. The highest BCUT2D eigenvalue weighted by molar-refractivity contribution is 7.89. The van der Waals surface area contributed by atoms with Gasteiger partial charge in [-0.15, -0.1) is 0 Å². The second kappa shape index (κ2) is 8.74. The number of rotatable bonds is 5. The van der Waals surface area contributed by atoms with E-state index < -0.39 is 39.3 Å². The predicted molar refractivity (Wildman–Crippen MR) is 106 cm³/mol. The maximum Gasteiger partial charge on any atom is 0.243 e. The molecular formula is C19H20ClF2N3O3S. The Bertz CT molecular complexity index is 974. The molecule has 0 aliphatic carbocycles. The summed E-state index contributed by atoms with van der Waals surface area (Å²) < 4.78 is 54.3. The van der Waals surface area contributed by atoms with Gasteiger partial charge in [-0.05, 0) is 43.3 Å². The average Bonchev–Trinajstić information content (AvgIpc) is 2.70. The van der Waals surface area contributed by atoms with Gasteiger partial charge < -0.3 is 5.32 Å². The molecule has 1 amide bonds. The highest BCUT2D eigenvalue weighted by atomic mass is 35.5. The van der Waals surface area contributed by atoms with Gasteiger partial charge in [0.15, 0.2) is 0 Å². The topological polar surface area (TPSA) is 69.7 Å². The largest absolute Gasteiger partial charge is 0.320 e. The Balaban J connectivity index is 1.62. The number of carbonyl (C=O) groups excluding carboxylic acids is 1. The normalized spacial score (nSPS) is 17.1. The van der Waals surface area contributed by atoms with Crippen LogP contribution < -0.4 is 5.32 Å². The van der Waals surface area contributed by atoms with Gasteiger partial charge in [-0.3, -0.25) is 9.69 Å². The molecule has 0 spiro atoms. The first-order valence-electron chi connectivity index (χ1n) is 8.95. The fourth-order valence-electron chi connectivity index (χ4n) is 3.10. The number of piperazine rings is 1. The Morgan fingerprint density at radius 2 is 1.59 bits per heavy atom. The summed E-state index contributed by atoms with van der Waals surface area (Å²) in [4.78, 5) is 14.3. The van der Waals surface area contributed by atoms with Crippen molar-refractivity contribution in [1.82, 2.24) is 9.21 Å². The minimum atomic E-state index is -3.66. The third-order valence-electron chi connectivity index (χ3n) is 4.86. The summed E-state index contributed by atoms with van der Waals surface area (Å²) in [5.41, 5.74) is -0.492. The lowest BCUT2D eigenvalue weighted by molar-refractivity contribution is -0.121. The molecule has 3 rings (SSSR count). The summed E-state index contributed by atoms with van der Waals surface area (Å²) in [5.74, 6) is -2.28. The van der Waals surface area contributed by atoms with Crippen LogP contribution in [0.15, 0.2) is 47.4 Å². The first-order valence-corrected chi connectivity index (χ1v) is 10.8. The van der Waals surface area contributed by atoms with Crippen molar-refractivity contribution in [1.29, 1.82) is 0 Å². The molecule has 156 valence electrons. The monoisotopic (exact) mass is 443 g/mol.